The van der Waals surface area contributed by atoms with E-state index in [0.717, 1.165) is 11.4 Å². The third-order valence-corrected chi connectivity index (χ3v) is 1.29. The van der Waals surface area contributed by atoms with Crippen LogP contribution in [0.4, 0.5) is 0 Å². The molecule has 1 rings (SSSR count). The van der Waals surface area contributed by atoms with E-state index in [1.54, 1.807) is 0 Å². The van der Waals surface area contributed by atoms with Crippen molar-refractivity contribution in [1.82, 2.24) is 9.97 Å². The molecule has 1 heterocycles. The number of hydrogen-bond acceptors (Lipinski definition) is 1. The molecule has 0 radical (unpaired) electrons. The summed E-state index contributed by atoms with van der Waals surface area (Å²) < 4.78 is 0. The second-order valence-corrected chi connectivity index (χ2v) is 2.12. The second kappa shape index (κ2) is 2.56. The lowest BCUT2D eigenvalue weighted by molar-refractivity contribution is 1.16. The fourth-order valence-electron chi connectivity index (χ4n) is 0.818. The summed E-state index contributed by atoms with van der Waals surface area (Å²) in [4.78, 5) is 15.9. The molecule has 0 atom stereocenters. The van der Waals surface area contributed by atoms with E-state index in [-0.39, 0.29) is 5.69 Å². The largest absolute Gasteiger partial charge is 0.323 e. The van der Waals surface area contributed by atoms with Crippen molar-refractivity contribution in [3.63, 3.8) is 0 Å². The Morgan fingerprint density at radius 2 is 2.10 bits per heavy atom. The number of aryl methyl sites for hydroxylation is 1. The average molecular weight is 138 g/mol. The van der Waals surface area contributed by atoms with E-state index in [9.17, 15) is 4.79 Å². The van der Waals surface area contributed by atoms with E-state index in [1.165, 1.54) is 0 Å². The van der Waals surface area contributed by atoms with Crippen LogP contribution in [0, 0.1) is 6.92 Å². The molecule has 0 saturated carbocycles. The lowest BCUT2D eigenvalue weighted by atomic mass is 10.3. The number of aromatic amines is 2. The van der Waals surface area contributed by atoms with Gasteiger partial charge < -0.3 is 9.97 Å². The number of nitrogens with one attached hydrogen (secondary N) is 2. The number of hydrogen-bond donors (Lipinski definition) is 2. The molecule has 2 N–H and O–H groups in total. The van der Waals surface area contributed by atoms with Crippen molar-refractivity contribution in [2.75, 3.05) is 0 Å². The summed E-state index contributed by atoms with van der Waals surface area (Å²) in [5.41, 5.74) is 1.58. The summed E-state index contributed by atoms with van der Waals surface area (Å²) in [6.45, 7) is 3.76. The molecule has 0 aliphatic heterocycles. The Balaban J connectivity index is 3.15. The Labute approximate surface area is 58.8 Å². The topological polar surface area (TPSA) is 48.6 Å². The van der Waals surface area contributed by atoms with Crippen LogP contribution >= 0.6 is 0 Å². The van der Waals surface area contributed by atoms with Gasteiger partial charge in [-0.25, -0.2) is 4.79 Å². The Morgan fingerprint density at radius 1 is 1.40 bits per heavy atom. The third-order valence-electron chi connectivity index (χ3n) is 1.29. The summed E-state index contributed by atoms with van der Waals surface area (Å²) in [5, 5.41) is 0. The van der Waals surface area contributed by atoms with Crippen LogP contribution in [0.1, 0.15) is 18.3 Å². The van der Waals surface area contributed by atoms with Crippen LogP contribution in [0.2, 0.25) is 0 Å². The van der Waals surface area contributed by atoms with Crippen molar-refractivity contribution in [3.8, 4) is 0 Å². The molecule has 0 aliphatic rings. The number of rotatable bonds is 1. The molecule has 1 aromatic rings. The molecule has 3 heteroatoms. The standard InChI is InChI=1S/C7H10N2O/c1-3-4-6-5(2)8-7(10)9-6/h3-4H,1-2H3,(H2,8,9,10)/b4-3-. The van der Waals surface area contributed by atoms with E-state index in [2.05, 4.69) is 9.97 Å². The first-order chi connectivity index (χ1) is 4.74. The highest BCUT2D eigenvalue weighted by atomic mass is 16.1. The van der Waals surface area contributed by atoms with Crippen LogP contribution < -0.4 is 5.69 Å². The molecule has 10 heavy (non-hydrogen) atoms. The maximum absolute atomic E-state index is 10.6. The van der Waals surface area contributed by atoms with Gasteiger partial charge in [0.1, 0.15) is 0 Å². The number of imidazole rings is 1. The van der Waals surface area contributed by atoms with E-state index in [0.29, 0.717) is 0 Å². The fraction of sp³-hybridized carbons (Fsp3) is 0.286. The van der Waals surface area contributed by atoms with E-state index in [1.807, 2.05) is 26.0 Å². The van der Waals surface area contributed by atoms with Crippen LogP contribution in [-0.2, 0) is 0 Å². The molecule has 3 nitrogen and oxygen atoms in total. The van der Waals surface area contributed by atoms with Gasteiger partial charge in [0.2, 0.25) is 0 Å². The number of allylic oxidation sites excluding steroid dienone is 1. The number of aromatic nitrogens is 2. The van der Waals surface area contributed by atoms with E-state index >= 15 is 0 Å². The Morgan fingerprint density at radius 3 is 2.50 bits per heavy atom. The summed E-state index contributed by atoms with van der Waals surface area (Å²) in [7, 11) is 0. The van der Waals surface area contributed by atoms with Gasteiger partial charge in [0.15, 0.2) is 0 Å². The smallest absolute Gasteiger partial charge is 0.310 e. The first-order valence-corrected chi connectivity index (χ1v) is 3.15. The molecular formula is C7H10N2O. The highest BCUT2D eigenvalue weighted by Gasteiger charge is 1.95. The minimum absolute atomic E-state index is 0.148. The van der Waals surface area contributed by atoms with Crippen molar-refractivity contribution >= 4 is 6.08 Å². The first kappa shape index (κ1) is 6.86. The monoisotopic (exact) mass is 138 g/mol. The van der Waals surface area contributed by atoms with Gasteiger partial charge in [-0.3, -0.25) is 0 Å². The van der Waals surface area contributed by atoms with Gasteiger partial charge in [0.25, 0.3) is 0 Å². The minimum Gasteiger partial charge on any atom is -0.310 e. The fourth-order valence-corrected chi connectivity index (χ4v) is 0.818. The van der Waals surface area contributed by atoms with Crippen molar-refractivity contribution in [2.24, 2.45) is 0 Å². The summed E-state index contributed by atoms with van der Waals surface area (Å²) in [6, 6.07) is 0. The zero-order chi connectivity index (χ0) is 7.56. The number of H-pyrrole nitrogens is 2. The molecular weight excluding hydrogens is 128 g/mol. The maximum Gasteiger partial charge on any atom is 0.323 e. The van der Waals surface area contributed by atoms with Gasteiger partial charge >= 0.3 is 5.69 Å². The Bertz CT molecular complexity index is 293. The molecule has 54 valence electrons. The molecule has 0 aliphatic carbocycles. The van der Waals surface area contributed by atoms with Crippen LogP contribution in [0.5, 0.6) is 0 Å². The van der Waals surface area contributed by atoms with E-state index in [4.69, 9.17) is 0 Å². The SMILES string of the molecule is C/C=C\c1[nH]c(=O)[nH]c1C. The molecule has 0 fully saturated rings. The van der Waals surface area contributed by atoms with Crippen molar-refractivity contribution in [2.45, 2.75) is 13.8 Å². The molecule has 1 aromatic heterocycles. The van der Waals surface area contributed by atoms with Gasteiger partial charge in [0.05, 0.1) is 5.69 Å². The molecule has 0 spiro atoms. The molecule has 0 bridgehead atoms. The van der Waals surface area contributed by atoms with Crippen LogP contribution in [0.25, 0.3) is 6.08 Å². The second-order valence-electron chi connectivity index (χ2n) is 2.12. The molecule has 0 saturated heterocycles. The summed E-state index contributed by atoms with van der Waals surface area (Å²) in [6.07, 6.45) is 3.74. The maximum atomic E-state index is 10.6. The van der Waals surface area contributed by atoms with Crippen LogP contribution in [0.3, 0.4) is 0 Å². The van der Waals surface area contributed by atoms with E-state index < -0.39 is 0 Å². The third kappa shape index (κ3) is 1.18. The lowest BCUT2D eigenvalue weighted by Crippen LogP contribution is -2.00. The highest BCUT2D eigenvalue weighted by molar-refractivity contribution is 5.45. The average Bonchev–Trinajstić information content (AvgIpc) is 2.13. The van der Waals surface area contributed by atoms with Crippen LogP contribution in [-0.4, -0.2) is 9.97 Å². The van der Waals surface area contributed by atoms with Crippen LogP contribution in [0.15, 0.2) is 10.9 Å². The molecule has 0 aromatic carbocycles. The predicted octanol–water partition coefficient (Wildman–Crippen LogP) is 1.04. The van der Waals surface area contributed by atoms with Crippen molar-refractivity contribution < 1.29 is 0 Å². The van der Waals surface area contributed by atoms with Crippen molar-refractivity contribution in [3.05, 3.63) is 27.9 Å². The first-order valence-electron chi connectivity index (χ1n) is 3.15. The quantitative estimate of drug-likeness (QED) is 0.598. The minimum atomic E-state index is -0.148. The zero-order valence-electron chi connectivity index (χ0n) is 6.06. The Hall–Kier alpha value is -1.25. The zero-order valence-corrected chi connectivity index (χ0v) is 6.06. The van der Waals surface area contributed by atoms with Gasteiger partial charge in [0, 0.05) is 5.69 Å². The van der Waals surface area contributed by atoms with Gasteiger partial charge in [-0.15, -0.1) is 0 Å². The molecule has 0 unspecified atom stereocenters. The van der Waals surface area contributed by atoms with Gasteiger partial charge in [-0.1, -0.05) is 6.08 Å². The highest BCUT2D eigenvalue weighted by Crippen LogP contribution is 1.98. The predicted molar refractivity (Wildman–Crippen MR) is 40.9 cm³/mol. The molecule has 0 amide bonds. The summed E-state index contributed by atoms with van der Waals surface area (Å²) >= 11 is 0. The van der Waals surface area contributed by atoms with Crippen molar-refractivity contribution in [1.29, 1.82) is 0 Å². The van der Waals surface area contributed by atoms with Gasteiger partial charge in [-0.2, -0.15) is 0 Å². The van der Waals surface area contributed by atoms with Gasteiger partial charge in [-0.05, 0) is 19.9 Å². The Kier molecular flexibility index (Phi) is 1.76. The summed E-state index contributed by atoms with van der Waals surface area (Å²) in [5.74, 6) is 0. The lowest BCUT2D eigenvalue weighted by Gasteiger charge is -1.84. The normalized spacial score (nSPS) is 11.0.